The van der Waals surface area contributed by atoms with E-state index in [0.717, 1.165) is 12.1 Å². The highest BCUT2D eigenvalue weighted by atomic mass is 32.2. The number of carboxylic acids is 1. The van der Waals surface area contributed by atoms with Crippen molar-refractivity contribution in [3.05, 3.63) is 35.4 Å². The van der Waals surface area contributed by atoms with Crippen molar-refractivity contribution >= 4 is 23.6 Å². The summed E-state index contributed by atoms with van der Waals surface area (Å²) in [5.41, 5.74) is 0.161. The molecule has 1 atom stereocenters. The van der Waals surface area contributed by atoms with Crippen LogP contribution in [0.3, 0.4) is 0 Å². The number of carbonyl (C=O) groups is 2. The molecule has 0 radical (unpaired) electrons. The van der Waals surface area contributed by atoms with Gasteiger partial charge in [-0.1, -0.05) is 0 Å². The molecule has 0 saturated heterocycles. The average Bonchev–Trinajstić information content (AvgIpc) is 2.32. The maximum atomic E-state index is 13.0. The molecule has 110 valence electrons. The van der Waals surface area contributed by atoms with Gasteiger partial charge < -0.3 is 10.4 Å². The fraction of sp³-hybridized carbons (Fsp3) is 0.385. The van der Waals surface area contributed by atoms with Crippen molar-refractivity contribution < 1.29 is 23.5 Å². The van der Waals surface area contributed by atoms with Gasteiger partial charge in [-0.25, -0.2) is 13.6 Å². The van der Waals surface area contributed by atoms with E-state index in [1.165, 1.54) is 11.8 Å². The number of carbonyl (C=O) groups excluding carboxylic acids is 1. The summed E-state index contributed by atoms with van der Waals surface area (Å²) < 4.78 is 25.9. The van der Waals surface area contributed by atoms with Crippen molar-refractivity contribution in [1.29, 1.82) is 0 Å². The van der Waals surface area contributed by atoms with Gasteiger partial charge in [0.15, 0.2) is 0 Å². The van der Waals surface area contributed by atoms with Crippen LogP contribution in [0.15, 0.2) is 18.2 Å². The van der Waals surface area contributed by atoms with Gasteiger partial charge in [0.1, 0.15) is 17.7 Å². The summed E-state index contributed by atoms with van der Waals surface area (Å²) in [6, 6.07) is 1.80. The fourth-order valence-corrected chi connectivity index (χ4v) is 2.11. The van der Waals surface area contributed by atoms with Crippen LogP contribution in [-0.4, -0.2) is 35.0 Å². The highest BCUT2D eigenvalue weighted by molar-refractivity contribution is 7.98. The molecular formula is C13H15F2NO3S. The van der Waals surface area contributed by atoms with E-state index < -0.39 is 29.6 Å². The number of hydrogen-bond acceptors (Lipinski definition) is 3. The molecule has 1 rings (SSSR count). The standard InChI is InChI=1S/C13H15F2NO3S/c1-20-3-2-11(13(18)19)16-12(17)6-8-4-9(14)7-10(15)5-8/h4-5,7,11H,2-3,6H2,1H3,(H,16,17)(H,18,19). The Labute approximate surface area is 119 Å². The second kappa shape index (κ2) is 7.84. The quantitative estimate of drug-likeness (QED) is 0.806. The predicted octanol–water partition coefficient (Wildman–Crippen LogP) is 1.83. The summed E-state index contributed by atoms with van der Waals surface area (Å²) in [5.74, 6) is -2.66. The molecule has 1 aromatic carbocycles. The van der Waals surface area contributed by atoms with Crippen LogP contribution in [0.1, 0.15) is 12.0 Å². The average molecular weight is 303 g/mol. The zero-order chi connectivity index (χ0) is 15.1. The lowest BCUT2D eigenvalue weighted by Crippen LogP contribution is -2.41. The number of benzene rings is 1. The number of hydrogen-bond donors (Lipinski definition) is 2. The third-order valence-corrected chi connectivity index (χ3v) is 3.17. The predicted molar refractivity (Wildman–Crippen MR) is 72.6 cm³/mol. The minimum Gasteiger partial charge on any atom is -0.480 e. The van der Waals surface area contributed by atoms with E-state index >= 15 is 0 Å². The summed E-state index contributed by atoms with van der Waals surface area (Å²) >= 11 is 1.47. The number of halogens is 2. The van der Waals surface area contributed by atoms with Gasteiger partial charge in [0.2, 0.25) is 5.91 Å². The molecule has 0 aliphatic carbocycles. The lowest BCUT2D eigenvalue weighted by molar-refractivity contribution is -0.141. The first-order chi connectivity index (χ1) is 9.42. The zero-order valence-electron chi connectivity index (χ0n) is 10.9. The molecule has 20 heavy (non-hydrogen) atoms. The summed E-state index contributed by atoms with van der Waals surface area (Å²) in [6.45, 7) is 0. The topological polar surface area (TPSA) is 66.4 Å². The van der Waals surface area contributed by atoms with Crippen molar-refractivity contribution in [2.24, 2.45) is 0 Å². The van der Waals surface area contributed by atoms with Gasteiger partial charge in [0.25, 0.3) is 0 Å². The molecule has 7 heteroatoms. The molecule has 0 spiro atoms. The van der Waals surface area contributed by atoms with Crippen LogP contribution in [0.2, 0.25) is 0 Å². The van der Waals surface area contributed by atoms with E-state index in [1.807, 2.05) is 6.26 Å². The molecule has 2 N–H and O–H groups in total. The molecule has 0 aliphatic heterocycles. The third-order valence-electron chi connectivity index (χ3n) is 2.53. The van der Waals surface area contributed by atoms with Gasteiger partial charge in [-0.2, -0.15) is 11.8 Å². The van der Waals surface area contributed by atoms with E-state index in [9.17, 15) is 18.4 Å². The Balaban J connectivity index is 2.63. The van der Waals surface area contributed by atoms with Crippen LogP contribution >= 0.6 is 11.8 Å². The Kier molecular flexibility index (Phi) is 6.44. The summed E-state index contributed by atoms with van der Waals surface area (Å²) in [4.78, 5) is 22.6. The Morgan fingerprint density at radius 1 is 1.30 bits per heavy atom. The third kappa shape index (κ3) is 5.56. The Bertz CT molecular complexity index is 476. The van der Waals surface area contributed by atoms with Crippen molar-refractivity contribution in [2.75, 3.05) is 12.0 Å². The van der Waals surface area contributed by atoms with Crippen LogP contribution in [0, 0.1) is 11.6 Å². The van der Waals surface area contributed by atoms with Gasteiger partial charge in [0, 0.05) is 6.07 Å². The number of carboxylic acid groups (broad SMARTS) is 1. The first-order valence-corrected chi connectivity index (χ1v) is 7.28. The van der Waals surface area contributed by atoms with Gasteiger partial charge in [-0.05, 0) is 36.1 Å². The minimum absolute atomic E-state index is 0.161. The number of thioether (sulfide) groups is 1. The number of aliphatic carboxylic acids is 1. The molecule has 0 aliphatic rings. The molecule has 1 aromatic rings. The Morgan fingerprint density at radius 2 is 1.90 bits per heavy atom. The van der Waals surface area contributed by atoms with Crippen LogP contribution in [-0.2, 0) is 16.0 Å². The van der Waals surface area contributed by atoms with E-state index in [-0.39, 0.29) is 12.0 Å². The maximum Gasteiger partial charge on any atom is 0.326 e. The van der Waals surface area contributed by atoms with E-state index in [1.54, 1.807) is 0 Å². The smallest absolute Gasteiger partial charge is 0.326 e. The molecule has 4 nitrogen and oxygen atoms in total. The number of rotatable bonds is 7. The second-order valence-electron chi connectivity index (χ2n) is 4.19. The molecule has 0 saturated carbocycles. The van der Waals surface area contributed by atoms with Crippen molar-refractivity contribution in [2.45, 2.75) is 18.9 Å². The van der Waals surface area contributed by atoms with Crippen LogP contribution < -0.4 is 5.32 Å². The largest absolute Gasteiger partial charge is 0.480 e. The molecule has 1 amide bonds. The number of amides is 1. The summed E-state index contributed by atoms with van der Waals surface area (Å²) in [5, 5.41) is 11.3. The normalized spacial score (nSPS) is 11.9. The van der Waals surface area contributed by atoms with E-state index in [0.29, 0.717) is 18.2 Å². The van der Waals surface area contributed by atoms with E-state index in [2.05, 4.69) is 5.32 Å². The lowest BCUT2D eigenvalue weighted by atomic mass is 10.1. The first-order valence-electron chi connectivity index (χ1n) is 5.88. The highest BCUT2D eigenvalue weighted by Gasteiger charge is 2.19. The van der Waals surface area contributed by atoms with Gasteiger partial charge >= 0.3 is 5.97 Å². The van der Waals surface area contributed by atoms with Crippen molar-refractivity contribution in [3.63, 3.8) is 0 Å². The van der Waals surface area contributed by atoms with Crippen molar-refractivity contribution in [3.8, 4) is 0 Å². The Morgan fingerprint density at radius 3 is 2.40 bits per heavy atom. The summed E-state index contributed by atoms with van der Waals surface area (Å²) in [7, 11) is 0. The number of nitrogens with one attached hydrogen (secondary N) is 1. The molecule has 0 fully saturated rings. The first kappa shape index (κ1) is 16.4. The lowest BCUT2D eigenvalue weighted by Gasteiger charge is -2.14. The maximum absolute atomic E-state index is 13.0. The van der Waals surface area contributed by atoms with E-state index in [4.69, 9.17) is 5.11 Å². The molecular weight excluding hydrogens is 288 g/mol. The van der Waals surface area contributed by atoms with Gasteiger partial charge in [0.05, 0.1) is 6.42 Å². The fourth-order valence-electron chi connectivity index (χ4n) is 1.64. The second-order valence-corrected chi connectivity index (χ2v) is 5.18. The zero-order valence-corrected chi connectivity index (χ0v) is 11.7. The monoisotopic (exact) mass is 303 g/mol. The molecule has 0 bridgehead atoms. The SMILES string of the molecule is CSCCC(NC(=O)Cc1cc(F)cc(F)c1)C(=O)O. The molecule has 1 unspecified atom stereocenters. The van der Waals surface area contributed by atoms with Crippen LogP contribution in [0.25, 0.3) is 0 Å². The molecule has 0 heterocycles. The highest BCUT2D eigenvalue weighted by Crippen LogP contribution is 2.09. The van der Waals surface area contributed by atoms with Gasteiger partial charge in [-0.15, -0.1) is 0 Å². The van der Waals surface area contributed by atoms with Crippen LogP contribution in [0.4, 0.5) is 8.78 Å². The summed E-state index contributed by atoms with van der Waals surface area (Å²) in [6.07, 6.45) is 1.85. The Hall–Kier alpha value is -1.63. The van der Waals surface area contributed by atoms with Crippen LogP contribution in [0.5, 0.6) is 0 Å². The molecule has 0 aromatic heterocycles. The van der Waals surface area contributed by atoms with Gasteiger partial charge in [-0.3, -0.25) is 4.79 Å². The minimum atomic E-state index is -1.13. The van der Waals surface area contributed by atoms with Crippen molar-refractivity contribution in [1.82, 2.24) is 5.32 Å².